The summed E-state index contributed by atoms with van der Waals surface area (Å²) in [7, 11) is 4.00. The van der Waals surface area contributed by atoms with Crippen molar-refractivity contribution in [2.24, 2.45) is 0 Å². The Morgan fingerprint density at radius 3 is 2.37 bits per heavy atom. The Bertz CT molecular complexity index is 819. The maximum atomic E-state index is 12.5. The normalized spacial score (nSPS) is 11.2. The summed E-state index contributed by atoms with van der Waals surface area (Å²) >= 11 is 0. The molecule has 2 rings (SSSR count). The Kier molecular flexibility index (Phi) is 6.87. The number of hydrogen-bond donors (Lipinski definition) is 1. The van der Waals surface area contributed by atoms with Crippen LogP contribution >= 0.6 is 0 Å². The van der Waals surface area contributed by atoms with E-state index in [0.29, 0.717) is 5.88 Å². The van der Waals surface area contributed by atoms with Gasteiger partial charge in [0, 0.05) is 24.2 Å². The molecule has 1 amide bonds. The van der Waals surface area contributed by atoms with Crippen LogP contribution in [0.25, 0.3) is 0 Å². The summed E-state index contributed by atoms with van der Waals surface area (Å²) in [5, 5.41) is 2.62. The number of methoxy groups -OCH3 is 3. The zero-order valence-corrected chi connectivity index (χ0v) is 15.2. The first kappa shape index (κ1) is 19.9. The average Bonchev–Trinajstić information content (AvgIpc) is 2.72. The Morgan fingerprint density at radius 2 is 1.78 bits per heavy atom. The third-order valence-electron chi connectivity index (χ3n) is 3.78. The van der Waals surface area contributed by atoms with Crippen LogP contribution in [0.3, 0.4) is 0 Å². The van der Waals surface area contributed by atoms with E-state index >= 15 is 0 Å². The summed E-state index contributed by atoms with van der Waals surface area (Å²) in [4.78, 5) is 40.3. The molecule has 1 atom stereocenters. The molecular weight excluding hydrogens is 352 g/mol. The maximum Gasteiger partial charge on any atom is 0.337 e. The number of benzene rings is 1. The van der Waals surface area contributed by atoms with E-state index in [2.05, 4.69) is 15.0 Å². The lowest BCUT2D eigenvalue weighted by Crippen LogP contribution is -2.43. The average molecular weight is 372 g/mol. The van der Waals surface area contributed by atoms with Gasteiger partial charge in [-0.1, -0.05) is 12.1 Å². The largest absolute Gasteiger partial charge is 0.481 e. The molecule has 0 saturated heterocycles. The summed E-state index contributed by atoms with van der Waals surface area (Å²) in [5.41, 5.74) is 1.17. The molecule has 0 spiro atoms. The minimum Gasteiger partial charge on any atom is -0.481 e. The topological polar surface area (TPSA) is 104 Å². The predicted octanol–water partition coefficient (Wildman–Crippen LogP) is 1.39. The van der Waals surface area contributed by atoms with Crippen molar-refractivity contribution in [3.63, 3.8) is 0 Å². The van der Waals surface area contributed by atoms with Gasteiger partial charge in [-0.05, 0) is 23.8 Å². The lowest BCUT2D eigenvalue weighted by molar-refractivity contribution is -0.142. The van der Waals surface area contributed by atoms with Gasteiger partial charge < -0.3 is 19.5 Å². The monoisotopic (exact) mass is 372 g/mol. The van der Waals surface area contributed by atoms with Crippen molar-refractivity contribution >= 4 is 17.8 Å². The number of nitrogens with zero attached hydrogens (tertiary/aromatic N) is 1. The number of aromatic nitrogens is 1. The molecule has 0 aliphatic heterocycles. The second-order valence-electron chi connectivity index (χ2n) is 5.53. The molecule has 1 aromatic heterocycles. The molecule has 0 fully saturated rings. The Labute approximate surface area is 156 Å². The molecule has 8 heteroatoms. The van der Waals surface area contributed by atoms with Crippen molar-refractivity contribution in [3.8, 4) is 5.88 Å². The number of esters is 2. The lowest BCUT2D eigenvalue weighted by Gasteiger charge is -2.17. The van der Waals surface area contributed by atoms with Crippen molar-refractivity contribution < 1.29 is 28.6 Å². The number of ether oxygens (including phenoxy) is 3. The molecule has 27 heavy (non-hydrogen) atoms. The number of amides is 1. The van der Waals surface area contributed by atoms with Crippen molar-refractivity contribution in [3.05, 3.63) is 59.3 Å². The Morgan fingerprint density at radius 1 is 1.04 bits per heavy atom. The standard InChI is InChI=1S/C19H20N2O6/c1-25-16-8-7-12(11-20-16)9-15(19(24)27-3)21-17(22)13-5-4-6-14(10-13)18(23)26-2/h4-8,10-11,15H,9H2,1-3H3,(H,21,22)/t15-/m1/s1. The van der Waals surface area contributed by atoms with Crippen molar-refractivity contribution in [1.82, 2.24) is 10.3 Å². The van der Waals surface area contributed by atoms with Gasteiger partial charge in [0.1, 0.15) is 6.04 Å². The van der Waals surface area contributed by atoms with Crippen LogP contribution in [0.1, 0.15) is 26.3 Å². The molecule has 1 N–H and O–H groups in total. The molecule has 142 valence electrons. The van der Waals surface area contributed by atoms with Crippen LogP contribution in [-0.4, -0.2) is 50.2 Å². The number of carbonyl (C=O) groups excluding carboxylic acids is 3. The molecule has 8 nitrogen and oxygen atoms in total. The molecule has 0 radical (unpaired) electrons. The van der Waals surface area contributed by atoms with Gasteiger partial charge in [-0.25, -0.2) is 14.6 Å². The van der Waals surface area contributed by atoms with E-state index in [-0.39, 0.29) is 17.5 Å². The zero-order valence-electron chi connectivity index (χ0n) is 15.2. The van der Waals surface area contributed by atoms with Gasteiger partial charge in [0.15, 0.2) is 0 Å². The summed E-state index contributed by atoms with van der Waals surface area (Å²) in [6, 6.07) is 8.50. The molecule has 0 aliphatic rings. The Hall–Kier alpha value is -3.42. The molecule has 1 heterocycles. The van der Waals surface area contributed by atoms with Gasteiger partial charge in [0.2, 0.25) is 5.88 Å². The van der Waals surface area contributed by atoms with Crippen molar-refractivity contribution in [2.75, 3.05) is 21.3 Å². The van der Waals surface area contributed by atoms with E-state index < -0.39 is 23.9 Å². The third-order valence-corrected chi connectivity index (χ3v) is 3.78. The molecule has 0 unspecified atom stereocenters. The quantitative estimate of drug-likeness (QED) is 0.733. The summed E-state index contributed by atoms with van der Waals surface area (Å²) in [5.74, 6) is -1.23. The van der Waals surface area contributed by atoms with Crippen LogP contribution in [0.2, 0.25) is 0 Å². The number of hydrogen-bond acceptors (Lipinski definition) is 7. The zero-order chi connectivity index (χ0) is 19.8. The second-order valence-corrected chi connectivity index (χ2v) is 5.53. The number of pyridine rings is 1. The van der Waals surface area contributed by atoms with Crippen molar-refractivity contribution in [2.45, 2.75) is 12.5 Å². The summed E-state index contributed by atoms with van der Waals surface area (Å²) in [6.07, 6.45) is 1.74. The highest BCUT2D eigenvalue weighted by atomic mass is 16.5. The van der Waals surface area contributed by atoms with Gasteiger partial charge >= 0.3 is 11.9 Å². The van der Waals surface area contributed by atoms with E-state index in [4.69, 9.17) is 9.47 Å². The molecule has 0 bridgehead atoms. The van der Waals surface area contributed by atoms with Gasteiger partial charge in [-0.2, -0.15) is 0 Å². The van der Waals surface area contributed by atoms with Crippen LogP contribution in [0, 0.1) is 0 Å². The second kappa shape index (κ2) is 9.33. The highest BCUT2D eigenvalue weighted by molar-refractivity contribution is 5.99. The summed E-state index contributed by atoms with van der Waals surface area (Å²) < 4.78 is 14.4. The minimum atomic E-state index is -0.917. The first-order chi connectivity index (χ1) is 13.0. The fourth-order valence-corrected chi connectivity index (χ4v) is 2.37. The van der Waals surface area contributed by atoms with E-state index in [9.17, 15) is 14.4 Å². The van der Waals surface area contributed by atoms with E-state index in [1.165, 1.54) is 39.5 Å². The number of rotatable bonds is 7. The van der Waals surface area contributed by atoms with Crippen LogP contribution in [-0.2, 0) is 20.7 Å². The molecule has 1 aromatic carbocycles. The summed E-state index contributed by atoms with van der Waals surface area (Å²) in [6.45, 7) is 0. The highest BCUT2D eigenvalue weighted by Crippen LogP contribution is 2.11. The van der Waals surface area contributed by atoms with Gasteiger partial charge in [-0.15, -0.1) is 0 Å². The fourth-order valence-electron chi connectivity index (χ4n) is 2.37. The molecular formula is C19H20N2O6. The minimum absolute atomic E-state index is 0.187. The first-order valence-electron chi connectivity index (χ1n) is 8.04. The Balaban J connectivity index is 2.16. The van der Waals surface area contributed by atoms with Crippen LogP contribution in [0.5, 0.6) is 5.88 Å². The molecule has 0 saturated carbocycles. The van der Waals surface area contributed by atoms with Crippen molar-refractivity contribution in [1.29, 1.82) is 0 Å². The van der Waals surface area contributed by atoms with E-state index in [0.717, 1.165) is 5.56 Å². The van der Waals surface area contributed by atoms with E-state index in [1.807, 2.05) is 0 Å². The van der Waals surface area contributed by atoms with Gasteiger partial charge in [-0.3, -0.25) is 4.79 Å². The molecule has 0 aliphatic carbocycles. The lowest BCUT2D eigenvalue weighted by atomic mass is 10.1. The predicted molar refractivity (Wildman–Crippen MR) is 95.5 cm³/mol. The van der Waals surface area contributed by atoms with E-state index in [1.54, 1.807) is 24.4 Å². The maximum absolute atomic E-state index is 12.5. The van der Waals surface area contributed by atoms with Gasteiger partial charge in [0.25, 0.3) is 5.91 Å². The van der Waals surface area contributed by atoms with Crippen LogP contribution in [0.4, 0.5) is 0 Å². The molecule has 2 aromatic rings. The highest BCUT2D eigenvalue weighted by Gasteiger charge is 2.23. The fraction of sp³-hybridized carbons (Fsp3) is 0.263. The SMILES string of the molecule is COC(=O)c1cccc(C(=O)N[C@H](Cc2ccc(OC)nc2)C(=O)OC)c1. The number of carbonyl (C=O) groups is 3. The first-order valence-corrected chi connectivity index (χ1v) is 8.04. The third kappa shape index (κ3) is 5.27. The van der Waals surface area contributed by atoms with Crippen LogP contribution in [0.15, 0.2) is 42.6 Å². The smallest absolute Gasteiger partial charge is 0.337 e. The van der Waals surface area contributed by atoms with Gasteiger partial charge in [0.05, 0.1) is 26.9 Å². The van der Waals surface area contributed by atoms with Crippen LogP contribution < -0.4 is 10.1 Å². The number of nitrogens with one attached hydrogen (secondary N) is 1.